The van der Waals surface area contributed by atoms with Gasteiger partial charge >= 0.3 is 6.09 Å². The Morgan fingerprint density at radius 3 is 2.74 bits per heavy atom. The minimum atomic E-state index is -0.523. The van der Waals surface area contributed by atoms with Crippen LogP contribution < -0.4 is 10.6 Å². The fourth-order valence-electron chi connectivity index (χ4n) is 1.94. The highest BCUT2D eigenvalue weighted by molar-refractivity contribution is 5.83. The van der Waals surface area contributed by atoms with E-state index < -0.39 is 11.7 Å². The molecule has 1 amide bonds. The van der Waals surface area contributed by atoms with Gasteiger partial charge in [0.05, 0.1) is 11.7 Å². The number of hydrogen-bond donors (Lipinski definition) is 2. The number of carbonyl (C=O) groups is 1. The van der Waals surface area contributed by atoms with Crippen LogP contribution in [0.4, 0.5) is 10.6 Å². The molecule has 0 aliphatic carbocycles. The second-order valence-corrected chi connectivity index (χ2v) is 5.62. The summed E-state index contributed by atoms with van der Waals surface area (Å²) < 4.78 is 5.14. The van der Waals surface area contributed by atoms with Crippen molar-refractivity contribution in [2.45, 2.75) is 45.3 Å². The van der Waals surface area contributed by atoms with Crippen LogP contribution in [0.5, 0.6) is 0 Å². The van der Waals surface area contributed by atoms with E-state index in [9.17, 15) is 4.79 Å². The molecule has 2 rings (SSSR count). The van der Waals surface area contributed by atoms with Crippen LogP contribution in [0.15, 0.2) is 12.1 Å². The quantitative estimate of drug-likeness (QED) is 0.856. The first-order valence-electron chi connectivity index (χ1n) is 6.51. The topological polar surface area (TPSA) is 76.1 Å². The van der Waals surface area contributed by atoms with E-state index in [1.54, 1.807) is 6.07 Å². The molecule has 1 unspecified atom stereocenters. The summed E-state index contributed by atoms with van der Waals surface area (Å²) in [6.07, 6.45) is 1.71. The summed E-state index contributed by atoms with van der Waals surface area (Å²) in [7, 11) is 0. The van der Waals surface area contributed by atoms with Crippen molar-refractivity contribution in [3.8, 4) is 0 Å². The summed E-state index contributed by atoms with van der Waals surface area (Å²) >= 11 is 0. The molecule has 1 aromatic heterocycles. The lowest BCUT2D eigenvalue weighted by atomic mass is 10.1. The van der Waals surface area contributed by atoms with Crippen molar-refractivity contribution in [2.75, 3.05) is 11.9 Å². The first kappa shape index (κ1) is 13.7. The molecule has 6 nitrogen and oxygen atoms in total. The SMILES string of the molecule is CC(C)(C)OC(=O)Nc1ccc(C2CCCN2)nn1. The zero-order chi connectivity index (χ0) is 13.9. The van der Waals surface area contributed by atoms with Crippen LogP contribution >= 0.6 is 0 Å². The standard InChI is InChI=1S/C13H20N4O2/c1-13(2,3)19-12(18)15-11-7-6-10(16-17-11)9-5-4-8-14-9/h6-7,9,14H,4-5,8H2,1-3H3,(H,15,17,18). The van der Waals surface area contributed by atoms with Gasteiger partial charge in [-0.15, -0.1) is 5.10 Å². The van der Waals surface area contributed by atoms with E-state index in [0.717, 1.165) is 25.1 Å². The molecule has 1 aliphatic heterocycles. The minimum Gasteiger partial charge on any atom is -0.444 e. The Kier molecular flexibility index (Phi) is 3.99. The number of anilines is 1. The van der Waals surface area contributed by atoms with E-state index in [4.69, 9.17) is 4.74 Å². The fourth-order valence-corrected chi connectivity index (χ4v) is 1.94. The van der Waals surface area contributed by atoms with Gasteiger partial charge in [-0.3, -0.25) is 5.32 Å². The summed E-state index contributed by atoms with van der Waals surface area (Å²) in [5.74, 6) is 0.399. The normalized spacial score (nSPS) is 19.2. The van der Waals surface area contributed by atoms with Gasteiger partial charge in [-0.25, -0.2) is 4.79 Å². The van der Waals surface area contributed by atoms with Crippen LogP contribution in [0, 0.1) is 0 Å². The Labute approximate surface area is 112 Å². The number of rotatable bonds is 2. The third-order valence-electron chi connectivity index (χ3n) is 2.73. The van der Waals surface area contributed by atoms with Crippen LogP contribution in [0.3, 0.4) is 0 Å². The third kappa shape index (κ3) is 4.17. The van der Waals surface area contributed by atoms with Crippen LogP contribution in [0.1, 0.15) is 45.3 Å². The van der Waals surface area contributed by atoms with Gasteiger partial charge in [0.15, 0.2) is 5.82 Å². The molecule has 0 spiro atoms. The summed E-state index contributed by atoms with van der Waals surface area (Å²) in [4.78, 5) is 11.6. The van der Waals surface area contributed by atoms with E-state index in [-0.39, 0.29) is 6.04 Å². The lowest BCUT2D eigenvalue weighted by Crippen LogP contribution is -2.27. The molecule has 0 radical (unpaired) electrons. The molecular formula is C13H20N4O2. The largest absolute Gasteiger partial charge is 0.444 e. The Morgan fingerprint density at radius 2 is 2.21 bits per heavy atom. The molecule has 19 heavy (non-hydrogen) atoms. The van der Waals surface area contributed by atoms with E-state index in [1.165, 1.54) is 0 Å². The van der Waals surface area contributed by atoms with Crippen molar-refractivity contribution in [3.05, 3.63) is 17.8 Å². The molecule has 1 fully saturated rings. The molecule has 1 saturated heterocycles. The Morgan fingerprint density at radius 1 is 1.42 bits per heavy atom. The third-order valence-corrected chi connectivity index (χ3v) is 2.73. The van der Waals surface area contributed by atoms with Gasteiger partial charge in [-0.1, -0.05) is 0 Å². The molecule has 2 N–H and O–H groups in total. The summed E-state index contributed by atoms with van der Waals surface area (Å²) in [6.45, 7) is 6.46. The molecule has 104 valence electrons. The summed E-state index contributed by atoms with van der Waals surface area (Å²) in [5.41, 5.74) is 0.387. The molecule has 1 aliphatic rings. The van der Waals surface area contributed by atoms with E-state index >= 15 is 0 Å². The van der Waals surface area contributed by atoms with Gasteiger partial charge in [-0.05, 0) is 52.3 Å². The molecule has 2 heterocycles. The fraction of sp³-hybridized carbons (Fsp3) is 0.615. The first-order valence-corrected chi connectivity index (χ1v) is 6.51. The highest BCUT2D eigenvalue weighted by atomic mass is 16.6. The molecule has 1 aromatic rings. The van der Waals surface area contributed by atoms with Gasteiger partial charge in [0.25, 0.3) is 0 Å². The Hall–Kier alpha value is -1.69. The van der Waals surface area contributed by atoms with Gasteiger partial charge in [0.2, 0.25) is 0 Å². The van der Waals surface area contributed by atoms with Crippen molar-refractivity contribution in [3.63, 3.8) is 0 Å². The summed E-state index contributed by atoms with van der Waals surface area (Å²) in [6, 6.07) is 3.90. The Bertz CT molecular complexity index is 433. The molecule has 1 atom stereocenters. The van der Waals surface area contributed by atoms with E-state index in [2.05, 4.69) is 20.8 Å². The molecule has 0 bridgehead atoms. The van der Waals surface area contributed by atoms with Crippen molar-refractivity contribution < 1.29 is 9.53 Å². The maximum atomic E-state index is 11.6. The van der Waals surface area contributed by atoms with Gasteiger partial charge in [-0.2, -0.15) is 5.10 Å². The number of nitrogens with zero attached hydrogens (tertiary/aromatic N) is 2. The van der Waals surface area contributed by atoms with Gasteiger partial charge in [0, 0.05) is 0 Å². The maximum Gasteiger partial charge on any atom is 0.413 e. The molecule has 6 heteroatoms. The number of aromatic nitrogens is 2. The highest BCUT2D eigenvalue weighted by Crippen LogP contribution is 2.21. The zero-order valence-corrected chi connectivity index (χ0v) is 11.6. The monoisotopic (exact) mass is 264 g/mol. The average molecular weight is 264 g/mol. The van der Waals surface area contributed by atoms with Gasteiger partial charge in [0.1, 0.15) is 5.60 Å². The van der Waals surface area contributed by atoms with Crippen LogP contribution in [-0.2, 0) is 4.74 Å². The van der Waals surface area contributed by atoms with E-state index in [1.807, 2.05) is 26.8 Å². The summed E-state index contributed by atoms with van der Waals surface area (Å²) in [5, 5.41) is 14.0. The number of ether oxygens (including phenoxy) is 1. The Balaban J connectivity index is 1.93. The minimum absolute atomic E-state index is 0.281. The van der Waals surface area contributed by atoms with E-state index in [0.29, 0.717) is 5.82 Å². The van der Waals surface area contributed by atoms with Crippen LogP contribution in [-0.4, -0.2) is 28.4 Å². The number of carbonyl (C=O) groups excluding carboxylic acids is 1. The van der Waals surface area contributed by atoms with Crippen molar-refractivity contribution in [2.24, 2.45) is 0 Å². The van der Waals surface area contributed by atoms with Crippen molar-refractivity contribution >= 4 is 11.9 Å². The number of nitrogens with one attached hydrogen (secondary N) is 2. The predicted octanol–water partition coefficient (Wildman–Crippen LogP) is 2.25. The second kappa shape index (κ2) is 5.52. The smallest absolute Gasteiger partial charge is 0.413 e. The highest BCUT2D eigenvalue weighted by Gasteiger charge is 2.19. The number of hydrogen-bond acceptors (Lipinski definition) is 5. The number of amides is 1. The van der Waals surface area contributed by atoms with Crippen LogP contribution in [0.25, 0.3) is 0 Å². The maximum absolute atomic E-state index is 11.6. The molecule has 0 saturated carbocycles. The van der Waals surface area contributed by atoms with Crippen molar-refractivity contribution in [1.29, 1.82) is 0 Å². The zero-order valence-electron chi connectivity index (χ0n) is 11.6. The average Bonchev–Trinajstić information content (AvgIpc) is 2.80. The van der Waals surface area contributed by atoms with Crippen LogP contribution in [0.2, 0.25) is 0 Å². The second-order valence-electron chi connectivity index (χ2n) is 5.62. The first-order chi connectivity index (χ1) is 8.94. The molecule has 0 aromatic carbocycles. The lowest BCUT2D eigenvalue weighted by molar-refractivity contribution is 0.0635. The predicted molar refractivity (Wildman–Crippen MR) is 71.9 cm³/mol. The van der Waals surface area contributed by atoms with Gasteiger partial charge < -0.3 is 10.1 Å². The van der Waals surface area contributed by atoms with Crippen molar-refractivity contribution in [1.82, 2.24) is 15.5 Å². The lowest BCUT2D eigenvalue weighted by Gasteiger charge is -2.19. The molecular weight excluding hydrogens is 244 g/mol.